The second-order valence-electron chi connectivity index (χ2n) is 4.28. The molecule has 0 unspecified atom stereocenters. The van der Waals surface area contributed by atoms with Crippen molar-refractivity contribution in [2.75, 3.05) is 10.6 Å². The summed E-state index contributed by atoms with van der Waals surface area (Å²) in [6.45, 7) is 0. The number of benzene rings is 2. The summed E-state index contributed by atoms with van der Waals surface area (Å²) in [5.74, 6) is -0.320. The first-order valence-corrected chi connectivity index (χ1v) is 7.28. The zero-order chi connectivity index (χ0) is 17.0. The van der Waals surface area contributed by atoms with Gasteiger partial charge in [0.25, 0.3) is 0 Å². The Balaban J connectivity index is 1.99. The second-order valence-corrected chi connectivity index (χ2v) is 5.53. The molecule has 0 radical (unpaired) electrons. The minimum atomic E-state index is -4.73. The fraction of sp³-hybridized carbons (Fsp3) is 0.0714. The molecule has 0 heterocycles. The maximum absolute atomic E-state index is 12.1. The topological polar surface area (TPSA) is 33.3 Å². The van der Waals surface area contributed by atoms with Crippen LogP contribution in [0.2, 0.25) is 10.0 Å². The van der Waals surface area contributed by atoms with Crippen molar-refractivity contribution < 1.29 is 17.9 Å². The van der Waals surface area contributed by atoms with E-state index in [0.717, 1.165) is 0 Å². The number of thiocarbonyl (C=S) groups is 1. The van der Waals surface area contributed by atoms with Gasteiger partial charge in [-0.25, -0.2) is 0 Å². The van der Waals surface area contributed by atoms with E-state index in [-0.39, 0.29) is 10.9 Å². The molecule has 0 bridgehead atoms. The van der Waals surface area contributed by atoms with Gasteiger partial charge in [0.2, 0.25) is 0 Å². The van der Waals surface area contributed by atoms with E-state index in [9.17, 15) is 13.2 Å². The number of hydrogen-bond acceptors (Lipinski definition) is 2. The average molecular weight is 381 g/mol. The zero-order valence-corrected chi connectivity index (χ0v) is 13.6. The molecule has 2 aromatic carbocycles. The van der Waals surface area contributed by atoms with Crippen LogP contribution in [0.1, 0.15) is 0 Å². The lowest BCUT2D eigenvalue weighted by Gasteiger charge is -2.13. The molecule has 0 saturated carbocycles. The van der Waals surface area contributed by atoms with E-state index >= 15 is 0 Å². The Labute approximate surface area is 145 Å². The molecule has 23 heavy (non-hydrogen) atoms. The van der Waals surface area contributed by atoms with Crippen LogP contribution in [0.3, 0.4) is 0 Å². The molecule has 0 saturated heterocycles. The van der Waals surface area contributed by atoms with Crippen LogP contribution >= 0.6 is 35.4 Å². The third kappa shape index (κ3) is 5.78. The average Bonchev–Trinajstić information content (AvgIpc) is 2.43. The number of hydrogen-bond donors (Lipinski definition) is 2. The van der Waals surface area contributed by atoms with Gasteiger partial charge in [-0.3, -0.25) is 0 Å². The predicted octanol–water partition coefficient (Wildman–Crippen LogP) is 5.70. The van der Waals surface area contributed by atoms with Crippen LogP contribution in [-0.2, 0) is 0 Å². The maximum Gasteiger partial charge on any atom is 0.573 e. The fourth-order valence-electron chi connectivity index (χ4n) is 1.62. The summed E-state index contributed by atoms with van der Waals surface area (Å²) < 4.78 is 40.0. The van der Waals surface area contributed by atoms with Crippen LogP contribution in [0.25, 0.3) is 0 Å². The SMILES string of the molecule is FC(F)(F)Oc1ccc(NC(=S)Nc2cc(Cl)ccc2Cl)cc1. The van der Waals surface area contributed by atoms with E-state index < -0.39 is 6.36 Å². The highest BCUT2D eigenvalue weighted by atomic mass is 35.5. The molecule has 3 nitrogen and oxygen atoms in total. The second kappa shape index (κ2) is 7.25. The molecule has 2 aromatic rings. The first kappa shape index (κ1) is 17.7. The van der Waals surface area contributed by atoms with Crippen molar-refractivity contribution in [1.29, 1.82) is 0 Å². The number of alkyl halides is 3. The number of halogens is 5. The van der Waals surface area contributed by atoms with Gasteiger partial charge in [-0.1, -0.05) is 23.2 Å². The zero-order valence-electron chi connectivity index (χ0n) is 11.2. The smallest absolute Gasteiger partial charge is 0.406 e. The Morgan fingerprint density at radius 3 is 2.26 bits per heavy atom. The van der Waals surface area contributed by atoms with Crippen LogP contribution in [0, 0.1) is 0 Å². The molecule has 0 aliphatic heterocycles. The number of ether oxygens (including phenoxy) is 1. The van der Waals surface area contributed by atoms with Crippen LogP contribution in [0.15, 0.2) is 42.5 Å². The van der Waals surface area contributed by atoms with Gasteiger partial charge in [-0.2, -0.15) is 0 Å². The van der Waals surface area contributed by atoms with Gasteiger partial charge in [0.05, 0.1) is 10.7 Å². The lowest BCUT2D eigenvalue weighted by atomic mass is 10.3. The first-order valence-electron chi connectivity index (χ1n) is 6.12. The highest BCUT2D eigenvalue weighted by Gasteiger charge is 2.30. The van der Waals surface area contributed by atoms with Crippen molar-refractivity contribution in [2.24, 2.45) is 0 Å². The maximum atomic E-state index is 12.1. The van der Waals surface area contributed by atoms with Gasteiger partial charge in [0, 0.05) is 10.7 Å². The number of anilines is 2. The van der Waals surface area contributed by atoms with Crippen LogP contribution < -0.4 is 15.4 Å². The van der Waals surface area contributed by atoms with Crippen molar-refractivity contribution in [3.05, 3.63) is 52.5 Å². The Hall–Kier alpha value is -1.70. The molecule has 0 aromatic heterocycles. The van der Waals surface area contributed by atoms with Gasteiger partial charge in [-0.15, -0.1) is 13.2 Å². The van der Waals surface area contributed by atoms with Gasteiger partial charge in [-0.05, 0) is 54.7 Å². The summed E-state index contributed by atoms with van der Waals surface area (Å²) in [6, 6.07) is 9.97. The molecular weight excluding hydrogens is 372 g/mol. The van der Waals surface area contributed by atoms with Gasteiger partial charge in [0.1, 0.15) is 5.75 Å². The fourth-order valence-corrected chi connectivity index (χ4v) is 2.18. The first-order chi connectivity index (χ1) is 10.7. The molecule has 0 aliphatic carbocycles. The largest absolute Gasteiger partial charge is 0.573 e. The van der Waals surface area contributed by atoms with Gasteiger partial charge < -0.3 is 15.4 Å². The molecule has 9 heteroatoms. The summed E-state index contributed by atoms with van der Waals surface area (Å²) in [5.41, 5.74) is 0.990. The summed E-state index contributed by atoms with van der Waals surface area (Å²) in [6.07, 6.45) is -4.73. The molecule has 0 fully saturated rings. The third-order valence-electron chi connectivity index (χ3n) is 2.52. The van der Waals surface area contributed by atoms with E-state index in [1.54, 1.807) is 18.2 Å². The lowest BCUT2D eigenvalue weighted by molar-refractivity contribution is -0.274. The highest BCUT2D eigenvalue weighted by Crippen LogP contribution is 2.26. The van der Waals surface area contributed by atoms with Gasteiger partial charge >= 0.3 is 6.36 Å². The van der Waals surface area contributed by atoms with Crippen LogP contribution in [0.4, 0.5) is 24.5 Å². The Morgan fingerprint density at radius 1 is 1.00 bits per heavy atom. The van der Waals surface area contributed by atoms with Gasteiger partial charge in [0.15, 0.2) is 5.11 Å². The van der Waals surface area contributed by atoms with Crippen molar-refractivity contribution >= 4 is 51.9 Å². The van der Waals surface area contributed by atoms with E-state index in [1.165, 1.54) is 24.3 Å². The Morgan fingerprint density at radius 2 is 1.65 bits per heavy atom. The molecule has 0 spiro atoms. The monoisotopic (exact) mass is 380 g/mol. The highest BCUT2D eigenvalue weighted by molar-refractivity contribution is 7.80. The van der Waals surface area contributed by atoms with Crippen molar-refractivity contribution in [1.82, 2.24) is 0 Å². The summed E-state index contributed by atoms with van der Waals surface area (Å²) in [4.78, 5) is 0. The molecule has 0 atom stereocenters. The normalized spacial score (nSPS) is 11.0. The molecule has 122 valence electrons. The molecule has 0 amide bonds. The van der Waals surface area contributed by atoms with E-state index in [4.69, 9.17) is 35.4 Å². The van der Waals surface area contributed by atoms with Crippen molar-refractivity contribution in [3.8, 4) is 5.75 Å². The number of rotatable bonds is 3. The minimum absolute atomic E-state index is 0.207. The molecular formula is C14H9Cl2F3N2OS. The Kier molecular flexibility index (Phi) is 5.56. The molecule has 2 rings (SSSR count). The van der Waals surface area contributed by atoms with Crippen LogP contribution in [-0.4, -0.2) is 11.5 Å². The van der Waals surface area contributed by atoms with E-state index in [2.05, 4.69) is 15.4 Å². The standard InChI is InChI=1S/C14H9Cl2F3N2OS/c15-8-1-6-11(16)12(7-8)21-13(23)20-9-2-4-10(5-3-9)22-14(17,18)19/h1-7H,(H2,20,21,23). The minimum Gasteiger partial charge on any atom is -0.406 e. The molecule has 0 aliphatic rings. The van der Waals surface area contributed by atoms with Crippen LogP contribution in [0.5, 0.6) is 5.75 Å². The van der Waals surface area contributed by atoms with Crippen molar-refractivity contribution in [2.45, 2.75) is 6.36 Å². The number of nitrogens with one attached hydrogen (secondary N) is 2. The lowest BCUT2D eigenvalue weighted by Crippen LogP contribution is -2.19. The van der Waals surface area contributed by atoms with Crippen molar-refractivity contribution in [3.63, 3.8) is 0 Å². The summed E-state index contributed by atoms with van der Waals surface area (Å²) in [7, 11) is 0. The van der Waals surface area contributed by atoms with E-state index in [1.807, 2.05) is 0 Å². The quantitative estimate of drug-likeness (QED) is 0.669. The Bertz CT molecular complexity index is 708. The predicted molar refractivity (Wildman–Crippen MR) is 89.4 cm³/mol. The van der Waals surface area contributed by atoms with E-state index in [0.29, 0.717) is 21.4 Å². The summed E-state index contributed by atoms with van der Waals surface area (Å²) >= 11 is 17.0. The third-order valence-corrected chi connectivity index (χ3v) is 3.29. The molecule has 2 N–H and O–H groups in total. The summed E-state index contributed by atoms with van der Waals surface area (Å²) in [5, 5.41) is 6.76.